The van der Waals surface area contributed by atoms with Crippen LogP contribution in [-0.2, 0) is 16.0 Å². The number of benzene rings is 1. The van der Waals surface area contributed by atoms with Crippen LogP contribution in [0.25, 0.3) is 0 Å². The SMILES string of the molecule is CCOC(=O)Cc1cc(Cl)cc(F)c1C=O. The normalized spacial score (nSPS) is 9.94. The van der Waals surface area contributed by atoms with E-state index in [1.807, 2.05) is 0 Å². The van der Waals surface area contributed by atoms with E-state index in [1.165, 1.54) is 6.07 Å². The molecule has 1 rings (SSSR count). The number of rotatable bonds is 4. The minimum absolute atomic E-state index is 0.141. The van der Waals surface area contributed by atoms with Crippen LogP contribution < -0.4 is 0 Å². The van der Waals surface area contributed by atoms with Crippen LogP contribution in [0.5, 0.6) is 0 Å². The summed E-state index contributed by atoms with van der Waals surface area (Å²) < 4.78 is 18.0. The molecule has 1 aromatic rings. The average molecular weight is 245 g/mol. The van der Waals surface area contributed by atoms with E-state index in [9.17, 15) is 14.0 Å². The second kappa shape index (κ2) is 5.61. The first-order valence-corrected chi connectivity index (χ1v) is 5.05. The molecule has 5 heteroatoms. The highest BCUT2D eigenvalue weighted by molar-refractivity contribution is 6.30. The topological polar surface area (TPSA) is 43.4 Å². The molecule has 86 valence electrons. The Morgan fingerprint density at radius 3 is 2.81 bits per heavy atom. The van der Waals surface area contributed by atoms with E-state index in [1.54, 1.807) is 6.92 Å². The van der Waals surface area contributed by atoms with Gasteiger partial charge in [0.05, 0.1) is 18.6 Å². The molecule has 0 amide bonds. The van der Waals surface area contributed by atoms with E-state index in [0.717, 1.165) is 6.07 Å². The number of hydrogen-bond donors (Lipinski definition) is 0. The number of ether oxygens (including phenoxy) is 1. The molecule has 0 heterocycles. The van der Waals surface area contributed by atoms with Gasteiger partial charge in [0.15, 0.2) is 6.29 Å². The summed E-state index contributed by atoms with van der Waals surface area (Å²) in [7, 11) is 0. The summed E-state index contributed by atoms with van der Waals surface area (Å²) in [5.41, 5.74) is 0.0795. The minimum atomic E-state index is -0.734. The fraction of sp³-hybridized carbons (Fsp3) is 0.273. The number of esters is 1. The molecule has 0 saturated carbocycles. The van der Waals surface area contributed by atoms with Gasteiger partial charge in [0.2, 0.25) is 0 Å². The monoisotopic (exact) mass is 244 g/mol. The molecule has 0 aliphatic carbocycles. The number of carbonyl (C=O) groups is 2. The summed E-state index contributed by atoms with van der Waals surface area (Å²) in [6.45, 7) is 1.90. The summed E-state index contributed by atoms with van der Waals surface area (Å²) in [6.07, 6.45) is 0.194. The van der Waals surface area contributed by atoms with Crippen LogP contribution in [0.15, 0.2) is 12.1 Å². The van der Waals surface area contributed by atoms with E-state index in [-0.39, 0.29) is 29.2 Å². The maximum Gasteiger partial charge on any atom is 0.310 e. The Hall–Kier alpha value is -1.42. The predicted octanol–water partition coefficient (Wildman–Crippen LogP) is 2.40. The fourth-order valence-electron chi connectivity index (χ4n) is 1.28. The van der Waals surface area contributed by atoms with Crippen molar-refractivity contribution in [3.05, 3.63) is 34.1 Å². The zero-order valence-corrected chi connectivity index (χ0v) is 9.38. The highest BCUT2D eigenvalue weighted by Gasteiger charge is 2.13. The molecule has 0 spiro atoms. The number of aldehydes is 1. The summed E-state index contributed by atoms with van der Waals surface area (Å²) in [5.74, 6) is -1.26. The van der Waals surface area contributed by atoms with Gasteiger partial charge < -0.3 is 4.74 Å². The lowest BCUT2D eigenvalue weighted by molar-refractivity contribution is -0.142. The smallest absolute Gasteiger partial charge is 0.310 e. The molecule has 0 radical (unpaired) electrons. The first-order chi connectivity index (χ1) is 7.58. The lowest BCUT2D eigenvalue weighted by Crippen LogP contribution is -2.10. The van der Waals surface area contributed by atoms with Crippen molar-refractivity contribution in [3.63, 3.8) is 0 Å². The van der Waals surface area contributed by atoms with Gasteiger partial charge in [-0.25, -0.2) is 4.39 Å². The van der Waals surface area contributed by atoms with E-state index in [2.05, 4.69) is 0 Å². The molecular weight excluding hydrogens is 235 g/mol. The van der Waals surface area contributed by atoms with Gasteiger partial charge in [-0.05, 0) is 24.6 Å². The van der Waals surface area contributed by atoms with E-state index >= 15 is 0 Å². The fourth-order valence-corrected chi connectivity index (χ4v) is 1.51. The molecule has 0 aromatic heterocycles. The van der Waals surface area contributed by atoms with Gasteiger partial charge in [0, 0.05) is 5.02 Å². The molecule has 0 fully saturated rings. The van der Waals surface area contributed by atoms with Crippen molar-refractivity contribution in [2.75, 3.05) is 6.61 Å². The van der Waals surface area contributed by atoms with Crippen LogP contribution in [0.2, 0.25) is 5.02 Å². The zero-order chi connectivity index (χ0) is 12.1. The van der Waals surface area contributed by atoms with Gasteiger partial charge in [-0.3, -0.25) is 9.59 Å². The van der Waals surface area contributed by atoms with Crippen LogP contribution in [0, 0.1) is 5.82 Å². The Labute approximate surface area is 97.2 Å². The Balaban J connectivity index is 3.02. The van der Waals surface area contributed by atoms with Crippen molar-refractivity contribution in [1.29, 1.82) is 0 Å². The largest absolute Gasteiger partial charge is 0.466 e. The second-order valence-corrected chi connectivity index (χ2v) is 3.50. The zero-order valence-electron chi connectivity index (χ0n) is 8.63. The predicted molar refractivity (Wildman–Crippen MR) is 57.1 cm³/mol. The lowest BCUT2D eigenvalue weighted by atomic mass is 10.1. The van der Waals surface area contributed by atoms with Crippen molar-refractivity contribution in [3.8, 4) is 0 Å². The summed E-state index contributed by atoms with van der Waals surface area (Å²) in [4.78, 5) is 21.9. The quantitative estimate of drug-likeness (QED) is 0.603. The second-order valence-electron chi connectivity index (χ2n) is 3.06. The van der Waals surface area contributed by atoms with Gasteiger partial charge in [0.25, 0.3) is 0 Å². The molecule has 0 unspecified atom stereocenters. The van der Waals surface area contributed by atoms with Gasteiger partial charge in [-0.1, -0.05) is 11.6 Å². The Morgan fingerprint density at radius 2 is 2.25 bits per heavy atom. The minimum Gasteiger partial charge on any atom is -0.466 e. The molecule has 0 saturated heterocycles. The lowest BCUT2D eigenvalue weighted by Gasteiger charge is -2.06. The van der Waals surface area contributed by atoms with Gasteiger partial charge in [-0.15, -0.1) is 0 Å². The van der Waals surface area contributed by atoms with Gasteiger partial charge in [0.1, 0.15) is 5.82 Å². The van der Waals surface area contributed by atoms with E-state index in [4.69, 9.17) is 16.3 Å². The Morgan fingerprint density at radius 1 is 1.56 bits per heavy atom. The summed E-state index contributed by atoms with van der Waals surface area (Å²) in [5, 5.41) is 0.141. The molecule has 0 aliphatic heterocycles. The molecule has 0 aliphatic rings. The third kappa shape index (κ3) is 3.03. The number of halogens is 2. The van der Waals surface area contributed by atoms with Crippen LogP contribution in [0.1, 0.15) is 22.8 Å². The maximum atomic E-state index is 13.3. The standard InChI is InChI=1S/C11H10ClFO3/c1-2-16-11(15)4-7-3-8(12)5-10(13)9(7)6-14/h3,5-6H,2,4H2,1H3. The molecule has 0 N–H and O–H groups in total. The third-order valence-corrected chi connectivity index (χ3v) is 2.16. The first-order valence-electron chi connectivity index (χ1n) is 4.67. The van der Waals surface area contributed by atoms with Crippen molar-refractivity contribution in [2.45, 2.75) is 13.3 Å². The molecule has 0 atom stereocenters. The molecule has 1 aromatic carbocycles. The van der Waals surface area contributed by atoms with Gasteiger partial charge in [-0.2, -0.15) is 0 Å². The summed E-state index contributed by atoms with van der Waals surface area (Å²) in [6, 6.07) is 2.41. The van der Waals surface area contributed by atoms with Gasteiger partial charge >= 0.3 is 5.97 Å². The molecule has 3 nitrogen and oxygen atoms in total. The molecular formula is C11H10ClFO3. The molecule has 16 heavy (non-hydrogen) atoms. The van der Waals surface area contributed by atoms with Crippen LogP contribution in [-0.4, -0.2) is 18.9 Å². The Bertz CT molecular complexity index is 418. The highest BCUT2D eigenvalue weighted by Crippen LogP contribution is 2.19. The van der Waals surface area contributed by atoms with Crippen LogP contribution in [0.3, 0.4) is 0 Å². The van der Waals surface area contributed by atoms with Crippen molar-refractivity contribution >= 4 is 23.9 Å². The Kier molecular flexibility index (Phi) is 4.43. The van der Waals surface area contributed by atoms with Crippen LogP contribution in [0.4, 0.5) is 4.39 Å². The van der Waals surface area contributed by atoms with Crippen LogP contribution >= 0.6 is 11.6 Å². The average Bonchev–Trinajstić information content (AvgIpc) is 2.17. The molecule has 0 bridgehead atoms. The van der Waals surface area contributed by atoms with Crippen molar-refractivity contribution in [2.24, 2.45) is 0 Å². The van der Waals surface area contributed by atoms with E-state index < -0.39 is 11.8 Å². The number of carbonyl (C=O) groups excluding carboxylic acids is 2. The third-order valence-electron chi connectivity index (χ3n) is 1.94. The van der Waals surface area contributed by atoms with E-state index in [0.29, 0.717) is 6.29 Å². The number of hydrogen-bond acceptors (Lipinski definition) is 3. The van der Waals surface area contributed by atoms with Crippen molar-refractivity contribution < 1.29 is 18.7 Å². The van der Waals surface area contributed by atoms with Crippen molar-refractivity contribution in [1.82, 2.24) is 0 Å². The maximum absolute atomic E-state index is 13.3. The first kappa shape index (κ1) is 12.6. The summed E-state index contributed by atoms with van der Waals surface area (Å²) >= 11 is 5.63. The highest BCUT2D eigenvalue weighted by atomic mass is 35.5.